The van der Waals surface area contributed by atoms with E-state index in [1.165, 1.54) is 0 Å². The molecule has 0 unspecified atom stereocenters. The Morgan fingerprint density at radius 2 is 2.13 bits per heavy atom. The first kappa shape index (κ1) is 12.0. The fourth-order valence-electron chi connectivity index (χ4n) is 0.949. The molecule has 1 aromatic heterocycles. The fourth-order valence-corrected chi connectivity index (χ4v) is 0.949. The average Bonchev–Trinajstić information content (AvgIpc) is 2.58. The van der Waals surface area contributed by atoms with Gasteiger partial charge >= 0.3 is 6.18 Å². The maximum atomic E-state index is 11.9. The third-order valence-corrected chi connectivity index (χ3v) is 1.67. The van der Waals surface area contributed by atoms with Gasteiger partial charge in [-0.15, -0.1) is 0 Å². The highest BCUT2D eigenvalue weighted by molar-refractivity contribution is 4.86. The number of halogens is 3. The summed E-state index contributed by atoms with van der Waals surface area (Å²) in [6.07, 6.45) is -5.34. The second-order valence-corrected chi connectivity index (χ2v) is 3.00. The topological polar surface area (TPSA) is 51.0 Å². The SMILES string of the molecule is CCNCc1nc(CCC(F)(F)F)no1. The minimum Gasteiger partial charge on any atom is -0.338 e. The van der Waals surface area contributed by atoms with Crippen LogP contribution in [-0.2, 0) is 13.0 Å². The number of aryl methyl sites for hydroxylation is 1. The molecule has 1 heterocycles. The van der Waals surface area contributed by atoms with Gasteiger partial charge in [0, 0.05) is 6.42 Å². The molecule has 0 saturated heterocycles. The number of nitrogens with one attached hydrogen (secondary N) is 1. The van der Waals surface area contributed by atoms with Gasteiger partial charge in [0.2, 0.25) is 5.89 Å². The van der Waals surface area contributed by atoms with Gasteiger partial charge in [0.25, 0.3) is 0 Å². The molecule has 0 amide bonds. The third-order valence-electron chi connectivity index (χ3n) is 1.67. The predicted molar refractivity (Wildman–Crippen MR) is 46.1 cm³/mol. The van der Waals surface area contributed by atoms with E-state index in [4.69, 9.17) is 4.52 Å². The zero-order valence-electron chi connectivity index (χ0n) is 8.26. The van der Waals surface area contributed by atoms with Gasteiger partial charge < -0.3 is 9.84 Å². The van der Waals surface area contributed by atoms with Crippen molar-refractivity contribution in [3.63, 3.8) is 0 Å². The summed E-state index contributed by atoms with van der Waals surface area (Å²) in [7, 11) is 0. The Hall–Kier alpha value is -1.11. The summed E-state index contributed by atoms with van der Waals surface area (Å²) in [6, 6.07) is 0. The highest BCUT2D eigenvalue weighted by atomic mass is 19.4. The molecule has 0 radical (unpaired) electrons. The van der Waals surface area contributed by atoms with Crippen LogP contribution >= 0.6 is 0 Å². The largest absolute Gasteiger partial charge is 0.389 e. The summed E-state index contributed by atoms with van der Waals surface area (Å²) >= 11 is 0. The lowest BCUT2D eigenvalue weighted by atomic mass is 10.3. The van der Waals surface area contributed by atoms with E-state index in [2.05, 4.69) is 15.5 Å². The van der Waals surface area contributed by atoms with Crippen molar-refractivity contribution in [2.24, 2.45) is 0 Å². The standard InChI is InChI=1S/C8H12F3N3O/c1-2-12-5-7-13-6(14-15-7)3-4-8(9,10)11/h12H,2-5H2,1H3. The van der Waals surface area contributed by atoms with Gasteiger partial charge in [0.05, 0.1) is 13.0 Å². The zero-order valence-corrected chi connectivity index (χ0v) is 8.26. The molecular formula is C8H12F3N3O. The van der Waals surface area contributed by atoms with Gasteiger partial charge in [-0.25, -0.2) is 0 Å². The molecule has 0 aliphatic rings. The number of aromatic nitrogens is 2. The van der Waals surface area contributed by atoms with E-state index in [0.29, 0.717) is 12.4 Å². The number of hydrogen-bond acceptors (Lipinski definition) is 4. The maximum Gasteiger partial charge on any atom is 0.389 e. The molecule has 86 valence electrons. The van der Waals surface area contributed by atoms with Crippen LogP contribution in [0.1, 0.15) is 25.1 Å². The highest BCUT2D eigenvalue weighted by Crippen LogP contribution is 2.21. The van der Waals surface area contributed by atoms with E-state index >= 15 is 0 Å². The van der Waals surface area contributed by atoms with Crippen LogP contribution in [-0.4, -0.2) is 22.9 Å². The first-order valence-corrected chi connectivity index (χ1v) is 4.60. The summed E-state index contributed by atoms with van der Waals surface area (Å²) in [4.78, 5) is 3.81. The van der Waals surface area contributed by atoms with Crippen LogP contribution in [0.3, 0.4) is 0 Å². The maximum absolute atomic E-state index is 11.9. The number of alkyl halides is 3. The van der Waals surface area contributed by atoms with E-state index in [1.54, 1.807) is 0 Å². The Morgan fingerprint density at radius 1 is 1.40 bits per heavy atom. The van der Waals surface area contributed by atoms with Crippen molar-refractivity contribution < 1.29 is 17.7 Å². The van der Waals surface area contributed by atoms with Crippen LogP contribution in [0.2, 0.25) is 0 Å². The number of rotatable bonds is 5. The summed E-state index contributed by atoms with van der Waals surface area (Å²) < 4.78 is 40.3. The lowest BCUT2D eigenvalue weighted by molar-refractivity contribution is -0.134. The van der Waals surface area contributed by atoms with Gasteiger partial charge in [-0.05, 0) is 6.54 Å². The molecule has 0 fully saturated rings. The third kappa shape index (κ3) is 4.78. The molecule has 15 heavy (non-hydrogen) atoms. The molecule has 0 spiro atoms. The minimum absolute atomic E-state index is 0.0974. The van der Waals surface area contributed by atoms with Crippen LogP contribution in [0.25, 0.3) is 0 Å². The summed E-state index contributed by atoms with van der Waals surface area (Å²) in [5.74, 6) is 0.411. The number of nitrogens with zero attached hydrogens (tertiary/aromatic N) is 2. The second kappa shape index (κ2) is 5.11. The summed E-state index contributed by atoms with van der Waals surface area (Å²) in [5.41, 5.74) is 0. The van der Waals surface area contributed by atoms with Gasteiger partial charge in [-0.3, -0.25) is 0 Å². The molecule has 1 N–H and O–H groups in total. The van der Waals surface area contributed by atoms with Crippen molar-refractivity contribution in [3.05, 3.63) is 11.7 Å². The molecule has 0 aliphatic carbocycles. The smallest absolute Gasteiger partial charge is 0.338 e. The Balaban J connectivity index is 2.39. The van der Waals surface area contributed by atoms with Crippen LogP contribution in [0, 0.1) is 0 Å². The molecule has 4 nitrogen and oxygen atoms in total. The molecule has 0 saturated carbocycles. The first-order valence-electron chi connectivity index (χ1n) is 4.60. The highest BCUT2D eigenvalue weighted by Gasteiger charge is 2.27. The van der Waals surface area contributed by atoms with Gasteiger partial charge in [0.1, 0.15) is 0 Å². The molecule has 1 aromatic rings. The summed E-state index contributed by atoms with van der Waals surface area (Å²) in [6.45, 7) is 3.02. The van der Waals surface area contributed by atoms with E-state index < -0.39 is 12.6 Å². The molecule has 0 atom stereocenters. The minimum atomic E-state index is -4.18. The molecule has 0 aliphatic heterocycles. The molecule has 0 aromatic carbocycles. The van der Waals surface area contributed by atoms with Gasteiger partial charge in [-0.1, -0.05) is 12.1 Å². The molecule has 0 bridgehead atoms. The van der Waals surface area contributed by atoms with Crippen molar-refractivity contribution in [3.8, 4) is 0 Å². The van der Waals surface area contributed by atoms with Crippen LogP contribution < -0.4 is 5.32 Å². The number of hydrogen-bond donors (Lipinski definition) is 1. The quantitative estimate of drug-likeness (QED) is 0.825. The molecular weight excluding hydrogens is 211 g/mol. The average molecular weight is 223 g/mol. The van der Waals surface area contributed by atoms with Gasteiger partial charge in [0.15, 0.2) is 5.82 Å². The van der Waals surface area contributed by atoms with Crippen molar-refractivity contribution in [2.75, 3.05) is 6.54 Å². The molecule has 7 heteroatoms. The lowest BCUT2D eigenvalue weighted by Gasteiger charge is -2.01. The van der Waals surface area contributed by atoms with E-state index in [9.17, 15) is 13.2 Å². The van der Waals surface area contributed by atoms with E-state index in [-0.39, 0.29) is 12.2 Å². The normalized spacial score (nSPS) is 12.0. The van der Waals surface area contributed by atoms with Crippen LogP contribution in [0.5, 0.6) is 0 Å². The van der Waals surface area contributed by atoms with Crippen LogP contribution in [0.15, 0.2) is 4.52 Å². The lowest BCUT2D eigenvalue weighted by Crippen LogP contribution is -2.12. The van der Waals surface area contributed by atoms with Gasteiger partial charge in [-0.2, -0.15) is 18.2 Å². The Bertz CT molecular complexity index is 298. The molecule has 1 rings (SSSR count). The van der Waals surface area contributed by atoms with Crippen molar-refractivity contribution in [1.82, 2.24) is 15.5 Å². The van der Waals surface area contributed by atoms with Crippen molar-refractivity contribution in [2.45, 2.75) is 32.5 Å². The van der Waals surface area contributed by atoms with Crippen molar-refractivity contribution >= 4 is 0 Å². The Kier molecular flexibility index (Phi) is 4.07. The second-order valence-electron chi connectivity index (χ2n) is 3.00. The van der Waals surface area contributed by atoms with E-state index in [0.717, 1.165) is 6.54 Å². The van der Waals surface area contributed by atoms with Crippen molar-refractivity contribution in [1.29, 1.82) is 0 Å². The zero-order chi connectivity index (χ0) is 11.3. The first-order chi connectivity index (χ1) is 7.01. The van der Waals surface area contributed by atoms with E-state index in [1.807, 2.05) is 6.92 Å². The fraction of sp³-hybridized carbons (Fsp3) is 0.750. The Labute approximate surface area is 84.9 Å². The summed E-state index contributed by atoms with van der Waals surface area (Å²) in [5, 5.41) is 6.38. The van der Waals surface area contributed by atoms with Crippen LogP contribution in [0.4, 0.5) is 13.2 Å². The Morgan fingerprint density at radius 3 is 2.73 bits per heavy atom. The predicted octanol–water partition coefficient (Wildman–Crippen LogP) is 1.67. The monoisotopic (exact) mass is 223 g/mol.